The lowest BCUT2D eigenvalue weighted by atomic mass is 10.1. The van der Waals surface area contributed by atoms with Gasteiger partial charge >= 0.3 is 5.97 Å². The Balaban J connectivity index is 2.93. The van der Waals surface area contributed by atoms with Crippen LogP contribution in [0.25, 0.3) is 0 Å². The molecule has 1 fully saturated rings. The monoisotopic (exact) mass is 295 g/mol. The molecule has 0 saturated carbocycles. The SMILES string of the molecule is C#C[C@@H](CN(C(C)=O)N1C(=O)[C@@H](N)C[C@H]1C)C(=O)OCC. The van der Waals surface area contributed by atoms with Gasteiger partial charge in [-0.1, -0.05) is 5.92 Å². The molecule has 1 saturated heterocycles. The molecule has 0 aromatic carbocycles. The third kappa shape index (κ3) is 3.73. The highest BCUT2D eigenvalue weighted by molar-refractivity contribution is 5.87. The number of carbonyl (C=O) groups is 3. The van der Waals surface area contributed by atoms with Crippen molar-refractivity contribution in [2.45, 2.75) is 39.3 Å². The maximum atomic E-state index is 12.1. The van der Waals surface area contributed by atoms with Crippen LogP contribution in [0.5, 0.6) is 0 Å². The van der Waals surface area contributed by atoms with Crippen molar-refractivity contribution in [3.63, 3.8) is 0 Å². The highest BCUT2D eigenvalue weighted by Crippen LogP contribution is 2.21. The molecule has 0 radical (unpaired) electrons. The van der Waals surface area contributed by atoms with Crippen LogP contribution in [0.3, 0.4) is 0 Å². The molecule has 1 aliphatic heterocycles. The molecule has 1 heterocycles. The van der Waals surface area contributed by atoms with E-state index in [1.165, 1.54) is 16.9 Å². The Morgan fingerprint density at radius 3 is 2.62 bits per heavy atom. The average Bonchev–Trinajstić information content (AvgIpc) is 2.65. The second-order valence-corrected chi connectivity index (χ2v) is 4.95. The third-order valence-corrected chi connectivity index (χ3v) is 3.31. The number of carbonyl (C=O) groups excluding carboxylic acids is 3. The van der Waals surface area contributed by atoms with Gasteiger partial charge in [0.15, 0.2) is 0 Å². The summed E-state index contributed by atoms with van der Waals surface area (Å²) >= 11 is 0. The lowest BCUT2D eigenvalue weighted by Gasteiger charge is -2.35. The Kier molecular flexibility index (Phi) is 5.73. The normalized spacial score (nSPS) is 22.6. The quantitative estimate of drug-likeness (QED) is 0.546. The second-order valence-electron chi connectivity index (χ2n) is 4.95. The zero-order valence-corrected chi connectivity index (χ0v) is 12.5. The average molecular weight is 295 g/mol. The lowest BCUT2D eigenvalue weighted by Crippen LogP contribution is -2.53. The van der Waals surface area contributed by atoms with Crippen molar-refractivity contribution >= 4 is 17.8 Å². The first-order valence-corrected chi connectivity index (χ1v) is 6.82. The zero-order chi connectivity index (χ0) is 16.2. The summed E-state index contributed by atoms with van der Waals surface area (Å²) in [6.07, 6.45) is 5.78. The number of hydrazine groups is 1. The van der Waals surface area contributed by atoms with E-state index in [9.17, 15) is 14.4 Å². The van der Waals surface area contributed by atoms with Crippen LogP contribution < -0.4 is 5.73 Å². The Bertz CT molecular complexity index is 471. The maximum absolute atomic E-state index is 12.1. The van der Waals surface area contributed by atoms with Gasteiger partial charge in [0, 0.05) is 6.92 Å². The van der Waals surface area contributed by atoms with Gasteiger partial charge in [-0.05, 0) is 20.3 Å². The fraction of sp³-hybridized carbons (Fsp3) is 0.643. The van der Waals surface area contributed by atoms with Gasteiger partial charge in [0.2, 0.25) is 5.91 Å². The highest BCUT2D eigenvalue weighted by Gasteiger charge is 2.40. The molecule has 0 spiro atoms. The highest BCUT2D eigenvalue weighted by atomic mass is 16.5. The lowest BCUT2D eigenvalue weighted by molar-refractivity contribution is -0.166. The molecular formula is C14H21N3O4. The molecule has 2 N–H and O–H groups in total. The Morgan fingerprint density at radius 2 is 2.24 bits per heavy atom. The first-order chi connectivity index (χ1) is 9.83. The standard InChI is InChI=1S/C14H21N3O4/c1-5-11(14(20)21-6-2)8-16(10(4)18)17-9(3)7-12(15)13(17)19/h1,9,11-12H,6-8,15H2,2-4H3/t9-,11+,12+/m1/s1. The molecular weight excluding hydrogens is 274 g/mol. The van der Waals surface area contributed by atoms with Gasteiger partial charge in [-0.2, -0.15) is 0 Å². The number of amides is 2. The Hall–Kier alpha value is -2.07. The van der Waals surface area contributed by atoms with Crippen LogP contribution in [0.4, 0.5) is 0 Å². The number of hydrogen-bond donors (Lipinski definition) is 1. The van der Waals surface area contributed by atoms with Crippen LogP contribution in [-0.4, -0.2) is 53.0 Å². The van der Waals surface area contributed by atoms with Crippen molar-refractivity contribution in [2.75, 3.05) is 13.2 Å². The smallest absolute Gasteiger partial charge is 0.323 e. The van der Waals surface area contributed by atoms with Crippen LogP contribution in [-0.2, 0) is 19.1 Å². The predicted molar refractivity (Wildman–Crippen MR) is 75.2 cm³/mol. The number of terminal acetylenes is 1. The van der Waals surface area contributed by atoms with E-state index in [0.717, 1.165) is 0 Å². The molecule has 7 heteroatoms. The first-order valence-electron chi connectivity index (χ1n) is 6.82. The summed E-state index contributed by atoms with van der Waals surface area (Å²) in [6.45, 7) is 4.85. The van der Waals surface area contributed by atoms with Crippen molar-refractivity contribution in [1.82, 2.24) is 10.0 Å². The summed E-state index contributed by atoms with van der Waals surface area (Å²) < 4.78 is 4.87. The van der Waals surface area contributed by atoms with Crippen molar-refractivity contribution in [3.8, 4) is 12.3 Å². The molecule has 21 heavy (non-hydrogen) atoms. The van der Waals surface area contributed by atoms with Gasteiger partial charge < -0.3 is 10.5 Å². The number of esters is 1. The Morgan fingerprint density at radius 1 is 1.62 bits per heavy atom. The summed E-state index contributed by atoms with van der Waals surface area (Å²) in [6, 6.07) is -0.870. The van der Waals surface area contributed by atoms with Gasteiger partial charge in [0.1, 0.15) is 5.92 Å². The molecule has 0 bridgehead atoms. The minimum Gasteiger partial charge on any atom is -0.465 e. The summed E-state index contributed by atoms with van der Waals surface area (Å²) in [5.41, 5.74) is 5.71. The van der Waals surface area contributed by atoms with Crippen molar-refractivity contribution < 1.29 is 19.1 Å². The topological polar surface area (TPSA) is 92.9 Å². The number of nitrogens with two attached hydrogens (primary N) is 1. The summed E-state index contributed by atoms with van der Waals surface area (Å²) in [4.78, 5) is 35.6. The van der Waals surface area contributed by atoms with Crippen LogP contribution in [0.15, 0.2) is 0 Å². The van der Waals surface area contributed by atoms with Crippen LogP contribution in [0.1, 0.15) is 27.2 Å². The van der Waals surface area contributed by atoms with E-state index in [0.29, 0.717) is 6.42 Å². The predicted octanol–water partition coefficient (Wildman–Crippen LogP) is -0.489. The zero-order valence-electron chi connectivity index (χ0n) is 12.5. The molecule has 1 rings (SSSR count). The fourth-order valence-electron chi connectivity index (χ4n) is 2.29. The number of hydrogen-bond acceptors (Lipinski definition) is 5. The summed E-state index contributed by atoms with van der Waals surface area (Å²) in [5, 5.41) is 2.47. The number of ether oxygens (including phenoxy) is 1. The van der Waals surface area contributed by atoms with Crippen molar-refractivity contribution in [1.29, 1.82) is 0 Å². The van der Waals surface area contributed by atoms with Gasteiger partial charge in [0.25, 0.3) is 5.91 Å². The summed E-state index contributed by atoms with van der Waals surface area (Å²) in [5.74, 6) is 0.0549. The van der Waals surface area contributed by atoms with E-state index in [2.05, 4.69) is 5.92 Å². The maximum Gasteiger partial charge on any atom is 0.323 e. The molecule has 116 valence electrons. The molecule has 0 unspecified atom stereocenters. The molecule has 1 aliphatic rings. The van der Waals surface area contributed by atoms with E-state index in [1.54, 1.807) is 13.8 Å². The van der Waals surface area contributed by atoms with Crippen LogP contribution >= 0.6 is 0 Å². The number of rotatable bonds is 5. The molecule has 2 amide bonds. The largest absolute Gasteiger partial charge is 0.465 e. The van der Waals surface area contributed by atoms with Crippen molar-refractivity contribution in [3.05, 3.63) is 0 Å². The van der Waals surface area contributed by atoms with E-state index in [-0.39, 0.29) is 31.0 Å². The minimum atomic E-state index is -0.925. The van der Waals surface area contributed by atoms with Gasteiger partial charge in [-0.25, -0.2) is 10.0 Å². The Labute approximate surface area is 124 Å². The first kappa shape index (κ1) is 17.0. The second kappa shape index (κ2) is 7.09. The van der Waals surface area contributed by atoms with Crippen molar-refractivity contribution in [2.24, 2.45) is 11.7 Å². The molecule has 7 nitrogen and oxygen atoms in total. The molecule has 0 aromatic rings. The van der Waals surface area contributed by atoms with E-state index >= 15 is 0 Å². The number of nitrogens with zero attached hydrogens (tertiary/aromatic N) is 2. The fourth-order valence-corrected chi connectivity index (χ4v) is 2.29. The van der Waals surface area contributed by atoms with Gasteiger partial charge in [-0.15, -0.1) is 6.42 Å². The molecule has 0 aliphatic carbocycles. The van der Waals surface area contributed by atoms with E-state index < -0.39 is 17.9 Å². The minimum absolute atomic E-state index is 0.104. The van der Waals surface area contributed by atoms with Gasteiger partial charge in [-0.3, -0.25) is 14.4 Å². The van der Waals surface area contributed by atoms with Gasteiger partial charge in [0.05, 0.1) is 25.2 Å². The van der Waals surface area contributed by atoms with Crippen LogP contribution in [0, 0.1) is 18.3 Å². The van der Waals surface area contributed by atoms with Crippen LogP contribution in [0.2, 0.25) is 0 Å². The molecule has 0 aromatic heterocycles. The van der Waals surface area contributed by atoms with E-state index in [4.69, 9.17) is 16.9 Å². The summed E-state index contributed by atoms with van der Waals surface area (Å²) in [7, 11) is 0. The molecule has 3 atom stereocenters. The third-order valence-electron chi connectivity index (χ3n) is 3.31. The van der Waals surface area contributed by atoms with E-state index in [1.807, 2.05) is 0 Å².